The zero-order valence-electron chi connectivity index (χ0n) is 11.6. The van der Waals surface area contributed by atoms with Gasteiger partial charge in [0.15, 0.2) is 0 Å². The van der Waals surface area contributed by atoms with Gasteiger partial charge in [0.25, 0.3) is 0 Å². The summed E-state index contributed by atoms with van der Waals surface area (Å²) in [4.78, 5) is 12.0. The Kier molecular flexibility index (Phi) is 5.12. The number of ether oxygens (including phenoxy) is 1. The molecule has 2 rings (SSSR count). The van der Waals surface area contributed by atoms with Gasteiger partial charge in [-0.2, -0.15) is 15.0 Å². The fourth-order valence-corrected chi connectivity index (χ4v) is 1.96. The van der Waals surface area contributed by atoms with Crippen LogP contribution in [0, 0.1) is 6.92 Å². The van der Waals surface area contributed by atoms with E-state index in [0.717, 1.165) is 13.0 Å². The highest BCUT2D eigenvalue weighted by Gasteiger charge is 2.05. The molecule has 0 bridgehead atoms. The first kappa shape index (κ1) is 14.5. The fraction of sp³-hybridized carbons (Fsp3) is 0.357. The van der Waals surface area contributed by atoms with E-state index in [9.17, 15) is 0 Å². The Morgan fingerprint density at radius 1 is 1.20 bits per heavy atom. The molecule has 0 atom stereocenters. The average molecular weight is 293 g/mol. The Morgan fingerprint density at radius 2 is 2.00 bits per heavy atom. The molecular weight excluding hydrogens is 276 g/mol. The van der Waals surface area contributed by atoms with Crippen LogP contribution in [0.5, 0.6) is 6.01 Å². The van der Waals surface area contributed by atoms with Crippen molar-refractivity contribution in [2.45, 2.75) is 20.3 Å². The predicted molar refractivity (Wildman–Crippen MR) is 79.4 cm³/mol. The molecule has 1 N–H and O–H groups in total. The van der Waals surface area contributed by atoms with Crippen LogP contribution >= 0.6 is 11.6 Å². The van der Waals surface area contributed by atoms with Crippen molar-refractivity contribution in [1.82, 2.24) is 15.0 Å². The number of benzene rings is 1. The maximum Gasteiger partial charge on any atom is 0.322 e. The highest BCUT2D eigenvalue weighted by molar-refractivity contribution is 6.28. The second-order valence-corrected chi connectivity index (χ2v) is 4.58. The lowest BCUT2D eigenvalue weighted by Crippen LogP contribution is -2.10. The Balaban J connectivity index is 1.95. The van der Waals surface area contributed by atoms with E-state index in [1.807, 2.05) is 19.1 Å². The molecule has 0 saturated heterocycles. The third kappa shape index (κ3) is 4.06. The number of aryl methyl sites for hydroxylation is 1. The number of rotatable bonds is 6. The first-order valence-corrected chi connectivity index (χ1v) is 6.89. The first-order valence-electron chi connectivity index (χ1n) is 6.51. The Morgan fingerprint density at radius 3 is 2.75 bits per heavy atom. The van der Waals surface area contributed by atoms with Gasteiger partial charge in [0.2, 0.25) is 11.2 Å². The third-order valence-corrected chi connectivity index (χ3v) is 2.97. The number of hydrogen-bond acceptors (Lipinski definition) is 5. The molecule has 0 saturated carbocycles. The molecule has 1 aromatic heterocycles. The summed E-state index contributed by atoms with van der Waals surface area (Å²) in [6, 6.07) is 8.53. The number of halogens is 1. The molecule has 0 amide bonds. The number of anilines is 1. The minimum Gasteiger partial charge on any atom is -0.464 e. The Hall–Kier alpha value is -1.88. The summed E-state index contributed by atoms with van der Waals surface area (Å²) >= 11 is 5.82. The molecule has 5 nitrogen and oxygen atoms in total. The van der Waals surface area contributed by atoms with Crippen molar-refractivity contribution in [2.75, 3.05) is 18.5 Å². The summed E-state index contributed by atoms with van der Waals surface area (Å²) in [5.41, 5.74) is 2.57. The fourth-order valence-electron chi connectivity index (χ4n) is 1.80. The number of hydrogen-bond donors (Lipinski definition) is 1. The van der Waals surface area contributed by atoms with Crippen molar-refractivity contribution in [3.63, 3.8) is 0 Å². The first-order chi connectivity index (χ1) is 9.69. The number of aromatic nitrogens is 3. The summed E-state index contributed by atoms with van der Waals surface area (Å²) < 4.78 is 5.22. The largest absolute Gasteiger partial charge is 0.464 e. The zero-order chi connectivity index (χ0) is 14.4. The van der Waals surface area contributed by atoms with Crippen molar-refractivity contribution >= 4 is 17.5 Å². The van der Waals surface area contributed by atoms with Crippen molar-refractivity contribution in [3.05, 3.63) is 40.7 Å². The van der Waals surface area contributed by atoms with Crippen molar-refractivity contribution in [2.24, 2.45) is 0 Å². The summed E-state index contributed by atoms with van der Waals surface area (Å²) in [5, 5.41) is 3.26. The molecule has 20 heavy (non-hydrogen) atoms. The van der Waals surface area contributed by atoms with Crippen LogP contribution in [0.1, 0.15) is 18.1 Å². The van der Waals surface area contributed by atoms with Crippen LogP contribution in [0.2, 0.25) is 5.28 Å². The predicted octanol–water partition coefficient (Wildman–Crippen LogP) is 2.89. The second-order valence-electron chi connectivity index (χ2n) is 4.25. The Labute approximate surface area is 123 Å². The van der Waals surface area contributed by atoms with Crippen LogP contribution in [0.25, 0.3) is 0 Å². The monoisotopic (exact) mass is 292 g/mol. The van der Waals surface area contributed by atoms with E-state index in [2.05, 4.69) is 39.3 Å². The SMILES string of the molecule is CCOc1nc(Cl)nc(NCCc2ccccc2C)n1. The van der Waals surface area contributed by atoms with E-state index in [1.54, 1.807) is 0 Å². The highest BCUT2D eigenvalue weighted by atomic mass is 35.5. The van der Waals surface area contributed by atoms with Crippen LogP contribution in [-0.2, 0) is 6.42 Å². The van der Waals surface area contributed by atoms with Gasteiger partial charge in [-0.05, 0) is 43.0 Å². The van der Waals surface area contributed by atoms with Crippen LogP contribution in [0.15, 0.2) is 24.3 Å². The highest BCUT2D eigenvalue weighted by Crippen LogP contribution is 2.12. The normalized spacial score (nSPS) is 10.3. The van der Waals surface area contributed by atoms with E-state index in [0.29, 0.717) is 12.6 Å². The van der Waals surface area contributed by atoms with Gasteiger partial charge in [-0.3, -0.25) is 0 Å². The van der Waals surface area contributed by atoms with Gasteiger partial charge in [-0.25, -0.2) is 0 Å². The molecule has 0 unspecified atom stereocenters. The molecule has 6 heteroatoms. The third-order valence-electron chi connectivity index (χ3n) is 2.80. The van der Waals surface area contributed by atoms with Crippen LogP contribution in [0.4, 0.5) is 5.95 Å². The molecule has 0 spiro atoms. The van der Waals surface area contributed by atoms with Crippen LogP contribution in [0.3, 0.4) is 0 Å². The lowest BCUT2D eigenvalue weighted by Gasteiger charge is -2.08. The van der Waals surface area contributed by atoms with E-state index in [-0.39, 0.29) is 11.3 Å². The van der Waals surface area contributed by atoms with Crippen molar-refractivity contribution < 1.29 is 4.74 Å². The zero-order valence-corrected chi connectivity index (χ0v) is 12.3. The lowest BCUT2D eigenvalue weighted by atomic mass is 10.1. The van der Waals surface area contributed by atoms with Gasteiger partial charge in [-0.15, -0.1) is 0 Å². The summed E-state index contributed by atoms with van der Waals surface area (Å²) in [6.45, 7) is 5.17. The minimum atomic E-state index is 0.127. The molecule has 0 aliphatic rings. The standard InChI is InChI=1S/C14H17ClN4O/c1-3-20-14-18-12(15)17-13(19-14)16-9-8-11-7-5-4-6-10(11)2/h4-7H,3,8-9H2,1-2H3,(H,16,17,18,19). The van der Waals surface area contributed by atoms with Gasteiger partial charge < -0.3 is 10.1 Å². The van der Waals surface area contributed by atoms with E-state index >= 15 is 0 Å². The maximum atomic E-state index is 5.82. The van der Waals surface area contributed by atoms with Gasteiger partial charge in [0.1, 0.15) is 0 Å². The van der Waals surface area contributed by atoms with Crippen molar-refractivity contribution in [3.8, 4) is 6.01 Å². The molecule has 0 radical (unpaired) electrons. The van der Waals surface area contributed by atoms with Gasteiger partial charge in [-0.1, -0.05) is 24.3 Å². The molecule has 1 heterocycles. The topological polar surface area (TPSA) is 59.9 Å². The number of nitrogens with zero attached hydrogens (tertiary/aromatic N) is 3. The summed E-state index contributed by atoms with van der Waals surface area (Å²) in [6.07, 6.45) is 0.889. The van der Waals surface area contributed by atoms with Crippen LogP contribution < -0.4 is 10.1 Å². The smallest absolute Gasteiger partial charge is 0.322 e. The summed E-state index contributed by atoms with van der Waals surface area (Å²) in [5.74, 6) is 0.432. The van der Waals surface area contributed by atoms with E-state index < -0.39 is 0 Å². The molecule has 0 fully saturated rings. The molecular formula is C14H17ClN4O. The molecule has 0 aliphatic carbocycles. The second kappa shape index (κ2) is 7.05. The molecule has 106 valence electrons. The summed E-state index contributed by atoms with van der Waals surface area (Å²) in [7, 11) is 0. The molecule has 1 aromatic carbocycles. The quantitative estimate of drug-likeness (QED) is 0.887. The Bertz CT molecular complexity index is 577. The lowest BCUT2D eigenvalue weighted by molar-refractivity contribution is 0.312. The minimum absolute atomic E-state index is 0.127. The van der Waals surface area contributed by atoms with E-state index in [1.165, 1.54) is 11.1 Å². The molecule has 0 aliphatic heterocycles. The average Bonchev–Trinajstić information content (AvgIpc) is 2.41. The van der Waals surface area contributed by atoms with Crippen molar-refractivity contribution in [1.29, 1.82) is 0 Å². The van der Waals surface area contributed by atoms with Gasteiger partial charge in [0, 0.05) is 6.54 Å². The van der Waals surface area contributed by atoms with Gasteiger partial charge in [0.05, 0.1) is 6.61 Å². The number of nitrogens with one attached hydrogen (secondary N) is 1. The van der Waals surface area contributed by atoms with Crippen LogP contribution in [-0.4, -0.2) is 28.1 Å². The van der Waals surface area contributed by atoms with E-state index in [4.69, 9.17) is 16.3 Å². The molecule has 2 aromatic rings. The van der Waals surface area contributed by atoms with Gasteiger partial charge >= 0.3 is 6.01 Å². The maximum absolute atomic E-state index is 5.82.